The van der Waals surface area contributed by atoms with Crippen LogP contribution in [0.15, 0.2) is 40.8 Å². The Kier molecular flexibility index (Phi) is 7.70. The molecular weight excluding hydrogens is 421 g/mol. The van der Waals surface area contributed by atoms with E-state index in [0.29, 0.717) is 30.0 Å². The predicted molar refractivity (Wildman–Crippen MR) is 107 cm³/mol. The van der Waals surface area contributed by atoms with Crippen molar-refractivity contribution in [3.63, 3.8) is 0 Å². The molecule has 6 nitrogen and oxygen atoms in total. The first-order valence-corrected chi connectivity index (χ1v) is 11.2. The Morgan fingerprint density at radius 3 is 2.30 bits per heavy atom. The van der Waals surface area contributed by atoms with Gasteiger partial charge in [0.2, 0.25) is 15.9 Å². The Morgan fingerprint density at radius 1 is 1.13 bits per heavy atom. The fourth-order valence-corrected chi connectivity index (χ4v) is 4.19. The molecule has 30 heavy (non-hydrogen) atoms. The second-order valence-electron chi connectivity index (χ2n) is 6.85. The number of carbonyl (C=O) groups excluding carboxylic acids is 1. The maximum absolute atomic E-state index is 12.7. The van der Waals surface area contributed by atoms with Gasteiger partial charge in [-0.15, -0.1) is 0 Å². The molecule has 2 aromatic rings. The highest BCUT2D eigenvalue weighted by atomic mass is 32.2. The quantitative estimate of drug-likeness (QED) is 0.631. The predicted octanol–water partition coefficient (Wildman–Crippen LogP) is 4.03. The molecule has 166 valence electrons. The van der Waals surface area contributed by atoms with Crippen LogP contribution in [-0.4, -0.2) is 37.6 Å². The molecule has 0 saturated heterocycles. The van der Waals surface area contributed by atoms with Gasteiger partial charge in [-0.05, 0) is 44.5 Å². The second-order valence-corrected chi connectivity index (χ2v) is 8.73. The Morgan fingerprint density at radius 2 is 1.77 bits per heavy atom. The Hall–Kier alpha value is -2.33. The number of sulfonamides is 1. The second kappa shape index (κ2) is 9.65. The smallest absolute Gasteiger partial charge is 0.416 e. The van der Waals surface area contributed by atoms with Gasteiger partial charge in [-0.3, -0.25) is 4.79 Å². The summed E-state index contributed by atoms with van der Waals surface area (Å²) in [6, 6.07) is 6.91. The monoisotopic (exact) mass is 446 g/mol. The van der Waals surface area contributed by atoms with Gasteiger partial charge in [-0.25, -0.2) is 13.1 Å². The summed E-state index contributed by atoms with van der Waals surface area (Å²) < 4.78 is 69.9. The third-order valence-corrected chi connectivity index (χ3v) is 6.06. The van der Waals surface area contributed by atoms with Crippen LogP contribution in [0.2, 0.25) is 0 Å². The summed E-state index contributed by atoms with van der Waals surface area (Å²) in [5.41, 5.74) is -0.274. The Balaban J connectivity index is 2.08. The van der Waals surface area contributed by atoms with Crippen LogP contribution in [0.5, 0.6) is 0 Å². The SMILES string of the molecule is CCCS(=O)(=O)NC(C)C(=O)N(CC)Cc1ccc(-c2ccc(C(F)(F)F)cc2)o1. The minimum absolute atomic E-state index is 0.0641. The molecule has 0 aliphatic heterocycles. The molecule has 0 fully saturated rings. The molecule has 10 heteroatoms. The molecule has 0 radical (unpaired) electrons. The minimum Gasteiger partial charge on any atom is -0.459 e. The maximum Gasteiger partial charge on any atom is 0.416 e. The number of nitrogens with zero attached hydrogens (tertiary/aromatic N) is 1. The van der Waals surface area contributed by atoms with E-state index in [2.05, 4.69) is 4.72 Å². The third kappa shape index (κ3) is 6.33. The van der Waals surface area contributed by atoms with Crippen molar-refractivity contribution in [3.05, 3.63) is 47.7 Å². The van der Waals surface area contributed by atoms with Crippen molar-refractivity contribution >= 4 is 15.9 Å². The first kappa shape index (κ1) is 23.9. The summed E-state index contributed by atoms with van der Waals surface area (Å²) in [7, 11) is -3.54. The summed E-state index contributed by atoms with van der Waals surface area (Å²) in [5.74, 6) is 0.345. The highest BCUT2D eigenvalue weighted by Gasteiger charge is 2.30. The number of furan rings is 1. The number of amides is 1. The van der Waals surface area contributed by atoms with Gasteiger partial charge in [-0.1, -0.05) is 19.1 Å². The van der Waals surface area contributed by atoms with Crippen molar-refractivity contribution in [3.8, 4) is 11.3 Å². The summed E-state index contributed by atoms with van der Waals surface area (Å²) in [6.07, 6.45) is -3.98. The molecule has 1 unspecified atom stereocenters. The lowest BCUT2D eigenvalue weighted by Gasteiger charge is -2.24. The first-order valence-electron chi connectivity index (χ1n) is 9.52. The van der Waals surface area contributed by atoms with E-state index in [1.165, 1.54) is 24.0 Å². The molecular formula is C20H25F3N2O4S. The summed E-state index contributed by atoms with van der Waals surface area (Å²) in [5, 5.41) is 0. The van der Waals surface area contributed by atoms with Crippen molar-refractivity contribution < 1.29 is 30.8 Å². The molecule has 1 N–H and O–H groups in total. The van der Waals surface area contributed by atoms with Crippen LogP contribution in [-0.2, 0) is 27.5 Å². The summed E-state index contributed by atoms with van der Waals surface area (Å²) >= 11 is 0. The number of benzene rings is 1. The van der Waals surface area contributed by atoms with E-state index in [9.17, 15) is 26.4 Å². The van der Waals surface area contributed by atoms with Crippen LogP contribution in [0.4, 0.5) is 13.2 Å². The van der Waals surface area contributed by atoms with E-state index in [1.54, 1.807) is 26.0 Å². The largest absolute Gasteiger partial charge is 0.459 e. The van der Waals surface area contributed by atoms with Crippen molar-refractivity contribution in [1.29, 1.82) is 0 Å². The van der Waals surface area contributed by atoms with Crippen molar-refractivity contribution in [2.75, 3.05) is 12.3 Å². The molecule has 2 rings (SSSR count). The van der Waals surface area contributed by atoms with E-state index in [1.807, 2.05) is 0 Å². The van der Waals surface area contributed by atoms with Gasteiger partial charge < -0.3 is 9.32 Å². The van der Waals surface area contributed by atoms with E-state index in [4.69, 9.17) is 4.42 Å². The molecule has 0 spiro atoms. The average molecular weight is 446 g/mol. The van der Waals surface area contributed by atoms with E-state index < -0.39 is 33.7 Å². The van der Waals surface area contributed by atoms with Crippen LogP contribution < -0.4 is 4.72 Å². The lowest BCUT2D eigenvalue weighted by atomic mass is 10.1. The number of likely N-dealkylation sites (N-methyl/N-ethyl adjacent to an activating group) is 1. The standard InChI is InChI=1S/C20H25F3N2O4S/c1-4-12-30(27,28)24-14(3)19(26)25(5-2)13-17-10-11-18(29-17)15-6-8-16(9-7-15)20(21,22)23/h6-11,14,24H,4-5,12-13H2,1-3H3. The third-order valence-electron chi connectivity index (χ3n) is 4.40. The molecule has 1 atom stereocenters. The molecule has 0 saturated carbocycles. The number of halogens is 3. The average Bonchev–Trinajstić information content (AvgIpc) is 3.13. The number of hydrogen-bond donors (Lipinski definition) is 1. The lowest BCUT2D eigenvalue weighted by molar-refractivity contribution is -0.137. The van der Waals surface area contributed by atoms with Gasteiger partial charge in [0.05, 0.1) is 23.9 Å². The van der Waals surface area contributed by atoms with Crippen LogP contribution >= 0.6 is 0 Å². The van der Waals surface area contributed by atoms with Crippen LogP contribution in [0.3, 0.4) is 0 Å². The van der Waals surface area contributed by atoms with Gasteiger partial charge in [0.1, 0.15) is 11.5 Å². The van der Waals surface area contributed by atoms with Crippen LogP contribution in [0.25, 0.3) is 11.3 Å². The van der Waals surface area contributed by atoms with Gasteiger partial charge >= 0.3 is 6.18 Å². The Bertz CT molecular complexity index is 953. The van der Waals surface area contributed by atoms with E-state index >= 15 is 0 Å². The topological polar surface area (TPSA) is 79.6 Å². The number of rotatable bonds is 9. The molecule has 0 aliphatic rings. The molecule has 0 bridgehead atoms. The van der Waals surface area contributed by atoms with Crippen LogP contribution in [0.1, 0.15) is 38.5 Å². The highest BCUT2D eigenvalue weighted by Crippen LogP contribution is 2.31. The Labute approximate surface area is 174 Å². The summed E-state index contributed by atoms with van der Waals surface area (Å²) in [4.78, 5) is 14.1. The number of nitrogens with one attached hydrogen (secondary N) is 1. The molecule has 1 heterocycles. The maximum atomic E-state index is 12.7. The molecule has 0 aliphatic carbocycles. The van der Waals surface area contributed by atoms with E-state index in [0.717, 1.165) is 12.1 Å². The molecule has 1 aromatic carbocycles. The fraction of sp³-hybridized carbons (Fsp3) is 0.450. The van der Waals surface area contributed by atoms with Crippen molar-refractivity contribution in [2.24, 2.45) is 0 Å². The fourth-order valence-electron chi connectivity index (χ4n) is 2.90. The summed E-state index contributed by atoms with van der Waals surface area (Å²) in [6.45, 7) is 5.40. The van der Waals surface area contributed by atoms with E-state index in [-0.39, 0.29) is 12.3 Å². The lowest BCUT2D eigenvalue weighted by Crippen LogP contribution is -2.47. The van der Waals surface area contributed by atoms with Crippen LogP contribution in [0, 0.1) is 0 Å². The zero-order valence-electron chi connectivity index (χ0n) is 17.0. The highest BCUT2D eigenvalue weighted by molar-refractivity contribution is 7.89. The molecule has 1 aromatic heterocycles. The van der Waals surface area contributed by atoms with Gasteiger partial charge in [0, 0.05) is 12.1 Å². The normalized spacial score (nSPS) is 13.3. The minimum atomic E-state index is -4.41. The zero-order valence-corrected chi connectivity index (χ0v) is 17.8. The number of alkyl halides is 3. The van der Waals surface area contributed by atoms with Gasteiger partial charge in [-0.2, -0.15) is 13.2 Å². The van der Waals surface area contributed by atoms with Gasteiger partial charge in [0.15, 0.2) is 0 Å². The zero-order chi connectivity index (χ0) is 22.5. The first-order chi connectivity index (χ1) is 14.0. The van der Waals surface area contributed by atoms with Gasteiger partial charge in [0.25, 0.3) is 0 Å². The number of hydrogen-bond acceptors (Lipinski definition) is 4. The van der Waals surface area contributed by atoms with Crippen molar-refractivity contribution in [2.45, 2.75) is 46.0 Å². The number of carbonyl (C=O) groups is 1. The van der Waals surface area contributed by atoms with Crippen molar-refractivity contribution in [1.82, 2.24) is 9.62 Å². The molecule has 1 amide bonds.